The maximum atomic E-state index is 15.1. The molecule has 1 aliphatic carbocycles. The largest absolute Gasteiger partial charge is 0.379 e. The molecule has 0 bridgehead atoms. The molecule has 17 nitrogen and oxygen atoms in total. The predicted molar refractivity (Wildman–Crippen MR) is 286 cm³/mol. The maximum Gasteiger partial charge on any atom is 0.272 e. The first-order chi connectivity index (χ1) is 37.0. The number of hydrogen-bond donors (Lipinski definition) is 2. The van der Waals surface area contributed by atoms with Crippen molar-refractivity contribution in [1.82, 2.24) is 49.8 Å². The lowest BCUT2D eigenvalue weighted by Crippen LogP contribution is -2.56. The standard InChI is InChI=1S/C58H73FN10O7/c59-50-16-15-42(35-51-47-13-4-5-14-48(47)56(73)62-61-51)34-49(50)57(74)67-28-26-66(27-29-67)52(70)39-63-20-17-41(18-21-63)37-64-22-24-68(25-23-64)58(75)54(43-8-2-1-3-9-43)60-55(72)45-11-6-10-44(36-45)46-12-7-19-69(38-46)53(71)40-65-30-32-76-33-31-65/h4-6,10-11,13-16,34,36-37,43,46,54H,1-3,7-9,12,17-33,35,38-40H2,(H,60,72)(H,62,73)/t46?,54-/m1/s1. The van der Waals surface area contributed by atoms with Crippen molar-refractivity contribution in [2.45, 2.75) is 76.2 Å². The van der Waals surface area contributed by atoms with Gasteiger partial charge in [-0.15, -0.1) is 0 Å². The number of nitrogens with zero attached hydrogens (tertiary/aromatic N) is 8. The molecule has 5 amide bonds. The van der Waals surface area contributed by atoms with E-state index in [1.807, 2.05) is 40.1 Å². The van der Waals surface area contributed by atoms with Crippen molar-refractivity contribution in [3.63, 3.8) is 0 Å². The summed E-state index contributed by atoms with van der Waals surface area (Å²) in [6.45, 7) is 10.4. The minimum Gasteiger partial charge on any atom is -0.379 e. The Morgan fingerprint density at radius 2 is 1.38 bits per heavy atom. The van der Waals surface area contributed by atoms with Gasteiger partial charge in [0.15, 0.2) is 0 Å². The molecule has 6 heterocycles. The molecule has 1 saturated carbocycles. The molecule has 0 spiro atoms. The molecule has 2 N–H and O–H groups in total. The van der Waals surface area contributed by atoms with Crippen LogP contribution in [0.3, 0.4) is 0 Å². The molecule has 6 fully saturated rings. The first-order valence-corrected chi connectivity index (χ1v) is 27.8. The summed E-state index contributed by atoms with van der Waals surface area (Å²) in [6.07, 6.45) is 11.2. The van der Waals surface area contributed by atoms with Crippen LogP contribution in [0.25, 0.3) is 10.8 Å². The van der Waals surface area contributed by atoms with E-state index in [4.69, 9.17) is 4.74 Å². The quantitative estimate of drug-likeness (QED) is 0.193. The molecule has 404 valence electrons. The van der Waals surface area contributed by atoms with Crippen molar-refractivity contribution in [3.05, 3.63) is 123 Å². The van der Waals surface area contributed by atoms with E-state index in [2.05, 4.69) is 42.5 Å². The van der Waals surface area contributed by atoms with Gasteiger partial charge in [-0.2, -0.15) is 5.10 Å². The van der Waals surface area contributed by atoms with Gasteiger partial charge in [0.25, 0.3) is 17.4 Å². The molecule has 6 aliphatic rings. The summed E-state index contributed by atoms with van der Waals surface area (Å²) in [5, 5.41) is 11.2. The minimum atomic E-state index is -0.610. The Bertz CT molecular complexity index is 2820. The van der Waals surface area contributed by atoms with Gasteiger partial charge in [0.1, 0.15) is 11.9 Å². The van der Waals surface area contributed by atoms with Crippen LogP contribution in [0, 0.1) is 11.7 Å². The van der Waals surface area contributed by atoms with Gasteiger partial charge in [-0.25, -0.2) is 9.49 Å². The lowest BCUT2D eigenvalue weighted by Gasteiger charge is -2.39. The second-order valence-electron chi connectivity index (χ2n) is 21.7. The van der Waals surface area contributed by atoms with Crippen molar-refractivity contribution in [1.29, 1.82) is 0 Å². The third-order valence-electron chi connectivity index (χ3n) is 16.7. The summed E-state index contributed by atoms with van der Waals surface area (Å²) in [6, 6.07) is 18.8. The number of aromatic amines is 1. The molecule has 5 saturated heterocycles. The summed E-state index contributed by atoms with van der Waals surface area (Å²) in [7, 11) is 0. The lowest BCUT2D eigenvalue weighted by atomic mass is 9.83. The zero-order valence-corrected chi connectivity index (χ0v) is 43.8. The zero-order chi connectivity index (χ0) is 52.5. The highest BCUT2D eigenvalue weighted by Crippen LogP contribution is 2.31. The summed E-state index contributed by atoms with van der Waals surface area (Å²) >= 11 is 0. The average Bonchev–Trinajstić information content (AvgIpc) is 3.46. The van der Waals surface area contributed by atoms with Crippen molar-refractivity contribution < 1.29 is 33.1 Å². The number of rotatable bonds is 13. The van der Waals surface area contributed by atoms with Crippen molar-refractivity contribution in [2.24, 2.45) is 5.92 Å². The van der Waals surface area contributed by atoms with Crippen LogP contribution in [0.15, 0.2) is 83.3 Å². The number of nitrogens with one attached hydrogen (secondary N) is 2. The Kier molecular flexibility index (Phi) is 17.2. The van der Waals surface area contributed by atoms with Crippen LogP contribution in [-0.2, 0) is 25.5 Å². The van der Waals surface area contributed by atoms with Crippen LogP contribution in [0.1, 0.15) is 101 Å². The third kappa shape index (κ3) is 12.8. The number of halogens is 1. The number of likely N-dealkylation sites (tertiary alicyclic amines) is 2. The second kappa shape index (κ2) is 24.7. The number of carbonyl (C=O) groups is 5. The fourth-order valence-electron chi connectivity index (χ4n) is 12.2. The van der Waals surface area contributed by atoms with Crippen LogP contribution in [0.5, 0.6) is 0 Å². The number of morpholine rings is 1. The van der Waals surface area contributed by atoms with Crippen LogP contribution in [-0.4, -0.2) is 198 Å². The molecular weight excluding hydrogens is 968 g/mol. The first-order valence-electron chi connectivity index (χ1n) is 27.8. The van der Waals surface area contributed by atoms with E-state index in [0.29, 0.717) is 119 Å². The molecule has 4 aromatic rings. The molecular formula is C58H73FN10O7. The molecule has 1 aromatic heterocycles. The van der Waals surface area contributed by atoms with Crippen molar-refractivity contribution in [2.75, 3.05) is 118 Å². The summed E-state index contributed by atoms with van der Waals surface area (Å²) in [5.74, 6) is -0.851. The Hall–Kier alpha value is -6.50. The number of fused-ring (bicyclic) bond motifs is 1. The van der Waals surface area contributed by atoms with E-state index >= 15 is 4.39 Å². The monoisotopic (exact) mass is 1040 g/mol. The molecule has 1 unspecified atom stereocenters. The molecule has 0 radical (unpaired) electrons. The van der Waals surface area contributed by atoms with Crippen molar-refractivity contribution in [3.8, 4) is 0 Å². The van der Waals surface area contributed by atoms with Gasteiger partial charge in [0.05, 0.1) is 42.9 Å². The first kappa shape index (κ1) is 52.9. The SMILES string of the molecule is O=C(N[C@@H](C(=O)N1CCN(C=C2CCN(CC(=O)N3CCN(C(=O)c4cc(Cc5n[nH]c(=O)c6ccccc56)ccc4F)CC3)CC2)CC1)C1CCCCC1)c1cccc(C2CCCN(C(=O)CN3CCOCC3)C2)c1. The van der Waals surface area contributed by atoms with E-state index in [0.717, 1.165) is 96.1 Å². The summed E-state index contributed by atoms with van der Waals surface area (Å²) in [5.41, 5.74) is 3.93. The number of carbonyl (C=O) groups excluding carboxylic acids is 5. The Morgan fingerprint density at radius 1 is 0.697 bits per heavy atom. The molecule has 10 rings (SSSR count). The lowest BCUT2D eigenvalue weighted by molar-refractivity contribution is -0.136. The summed E-state index contributed by atoms with van der Waals surface area (Å²) < 4.78 is 20.6. The molecule has 2 atom stereocenters. The number of piperidine rings is 2. The van der Waals surface area contributed by atoms with Crippen LogP contribution in [0.2, 0.25) is 0 Å². The van der Waals surface area contributed by atoms with Gasteiger partial charge in [0, 0.05) is 115 Å². The maximum absolute atomic E-state index is 15.1. The molecule has 5 aliphatic heterocycles. The number of H-pyrrole nitrogens is 1. The third-order valence-corrected chi connectivity index (χ3v) is 16.7. The molecule has 76 heavy (non-hydrogen) atoms. The normalized spacial score (nSPS) is 20.9. The number of piperazine rings is 2. The van der Waals surface area contributed by atoms with Crippen molar-refractivity contribution >= 4 is 40.3 Å². The number of benzene rings is 3. The Balaban J connectivity index is 0.667. The van der Waals surface area contributed by atoms with Crippen LogP contribution >= 0.6 is 0 Å². The fraction of sp³-hybridized carbons (Fsp3) is 0.534. The van der Waals surface area contributed by atoms with Gasteiger partial charge < -0.3 is 34.6 Å². The smallest absolute Gasteiger partial charge is 0.272 e. The van der Waals surface area contributed by atoms with Gasteiger partial charge in [-0.1, -0.05) is 61.2 Å². The van der Waals surface area contributed by atoms with E-state index in [-0.39, 0.29) is 46.6 Å². The number of amides is 5. The highest BCUT2D eigenvalue weighted by atomic mass is 19.1. The van der Waals surface area contributed by atoms with E-state index in [1.54, 1.807) is 34.1 Å². The second-order valence-corrected chi connectivity index (χ2v) is 21.7. The number of hydrogen-bond acceptors (Lipinski definition) is 11. The highest BCUT2D eigenvalue weighted by molar-refractivity contribution is 5.98. The summed E-state index contributed by atoms with van der Waals surface area (Å²) in [4.78, 5) is 95.2. The van der Waals surface area contributed by atoms with Gasteiger partial charge in [-0.3, -0.25) is 38.6 Å². The van der Waals surface area contributed by atoms with E-state index in [1.165, 1.54) is 11.6 Å². The minimum absolute atomic E-state index is 0.00248. The van der Waals surface area contributed by atoms with Gasteiger partial charge in [0.2, 0.25) is 17.7 Å². The van der Waals surface area contributed by atoms with Gasteiger partial charge >= 0.3 is 0 Å². The fourth-order valence-corrected chi connectivity index (χ4v) is 12.2. The van der Waals surface area contributed by atoms with E-state index < -0.39 is 17.8 Å². The Labute approximate surface area is 444 Å². The molecule has 18 heteroatoms. The zero-order valence-electron chi connectivity index (χ0n) is 43.8. The average molecular weight is 1040 g/mol. The van der Waals surface area contributed by atoms with Gasteiger partial charge in [-0.05, 0) is 92.1 Å². The molecule has 3 aromatic carbocycles. The number of ether oxygens (including phenoxy) is 1. The Morgan fingerprint density at radius 3 is 2.13 bits per heavy atom. The van der Waals surface area contributed by atoms with Crippen LogP contribution in [0.4, 0.5) is 4.39 Å². The van der Waals surface area contributed by atoms with Crippen LogP contribution < -0.4 is 10.9 Å². The topological polar surface area (TPSA) is 175 Å². The van der Waals surface area contributed by atoms with E-state index in [9.17, 15) is 28.8 Å². The number of aromatic nitrogens is 2. The predicted octanol–water partition coefficient (Wildman–Crippen LogP) is 4.48. The highest BCUT2D eigenvalue weighted by Gasteiger charge is 2.36.